The highest BCUT2D eigenvalue weighted by Crippen LogP contribution is 2.60. The van der Waals surface area contributed by atoms with Crippen LogP contribution in [0.1, 0.15) is 55.9 Å². The molecule has 0 radical (unpaired) electrons. The quantitative estimate of drug-likeness (QED) is 0.579. The Balaban J connectivity index is 1.46. The van der Waals surface area contributed by atoms with Gasteiger partial charge in [-0.1, -0.05) is 63.6 Å². The summed E-state index contributed by atoms with van der Waals surface area (Å²) in [6.45, 7) is 0. The van der Waals surface area contributed by atoms with Crippen molar-refractivity contribution in [2.24, 2.45) is 22.9 Å². The largest absolute Gasteiger partial charge is 0.363 e. The van der Waals surface area contributed by atoms with Crippen molar-refractivity contribution in [1.29, 1.82) is 0 Å². The number of oxime groups is 1. The molecule has 2 aromatic rings. The Morgan fingerprint density at radius 2 is 1.57 bits per heavy atom. The Kier molecular flexibility index (Phi) is 3.87. The Bertz CT molecular complexity index is 890. The van der Waals surface area contributed by atoms with Crippen LogP contribution in [0, 0.1) is 17.8 Å². The van der Waals surface area contributed by atoms with Gasteiger partial charge < -0.3 is 9.74 Å². The van der Waals surface area contributed by atoms with Crippen LogP contribution in [0.25, 0.3) is 0 Å². The summed E-state index contributed by atoms with van der Waals surface area (Å²) in [7, 11) is 0. The highest BCUT2D eigenvalue weighted by atomic mass is 79.9. The van der Waals surface area contributed by atoms with Crippen molar-refractivity contribution in [3.05, 3.63) is 70.2 Å². The summed E-state index contributed by atoms with van der Waals surface area (Å²) >= 11 is 3.64. The molecular weight excluding hydrogens is 412 g/mol. The standard InChI is InChI=1S/C24H25BrN2O/c25-21-8-4-7-20(12-21)23-27(22(26-28-23)19-5-2-1-3-6-19)24-13-16-9-17(14-24)11-18(10-16)15-24/h1-8,12,16-18,23H,9-11,13-15H2/t16?,17?,18?,23-,24?/m1/s1. The molecule has 4 fully saturated rings. The first-order chi connectivity index (χ1) is 13.7. The molecule has 144 valence electrons. The fourth-order valence-electron chi connectivity index (χ4n) is 6.78. The van der Waals surface area contributed by atoms with Crippen LogP contribution in [-0.2, 0) is 4.84 Å². The molecular formula is C24H25BrN2O. The molecule has 0 spiro atoms. The first-order valence-electron chi connectivity index (χ1n) is 10.5. The molecule has 0 amide bonds. The van der Waals surface area contributed by atoms with E-state index in [1.165, 1.54) is 44.1 Å². The van der Waals surface area contributed by atoms with Crippen molar-refractivity contribution in [1.82, 2.24) is 4.90 Å². The number of rotatable bonds is 3. The highest BCUT2D eigenvalue weighted by molar-refractivity contribution is 9.10. The molecule has 0 aromatic heterocycles. The summed E-state index contributed by atoms with van der Waals surface area (Å²) in [5, 5.41) is 4.66. The predicted octanol–water partition coefficient (Wildman–Crippen LogP) is 6.11. The van der Waals surface area contributed by atoms with E-state index in [9.17, 15) is 0 Å². The van der Waals surface area contributed by atoms with Crippen molar-refractivity contribution in [2.75, 3.05) is 0 Å². The van der Waals surface area contributed by atoms with E-state index >= 15 is 0 Å². The maximum absolute atomic E-state index is 6.16. The van der Waals surface area contributed by atoms with E-state index in [0.717, 1.165) is 33.6 Å². The maximum atomic E-state index is 6.16. The summed E-state index contributed by atoms with van der Waals surface area (Å²) in [5.74, 6) is 3.67. The Labute approximate surface area is 174 Å². The van der Waals surface area contributed by atoms with Crippen LogP contribution in [-0.4, -0.2) is 16.3 Å². The number of nitrogens with zero attached hydrogens (tertiary/aromatic N) is 2. The average Bonchev–Trinajstić information content (AvgIpc) is 3.14. The maximum Gasteiger partial charge on any atom is 0.227 e. The van der Waals surface area contributed by atoms with Crippen LogP contribution in [0.2, 0.25) is 0 Å². The third-order valence-corrected chi connectivity index (χ3v) is 7.88. The van der Waals surface area contributed by atoms with Crippen molar-refractivity contribution in [3.8, 4) is 0 Å². The summed E-state index contributed by atoms with van der Waals surface area (Å²) in [6.07, 6.45) is 8.05. The first kappa shape index (κ1) is 17.1. The fourth-order valence-corrected chi connectivity index (χ4v) is 7.20. The van der Waals surface area contributed by atoms with Crippen LogP contribution >= 0.6 is 15.9 Å². The summed E-state index contributed by atoms with van der Waals surface area (Å²) in [6, 6.07) is 19.1. The molecule has 0 N–H and O–H groups in total. The van der Waals surface area contributed by atoms with Gasteiger partial charge in [-0.15, -0.1) is 0 Å². The van der Waals surface area contributed by atoms with Crippen molar-refractivity contribution < 1.29 is 4.84 Å². The molecule has 1 aliphatic heterocycles. The van der Waals surface area contributed by atoms with Gasteiger partial charge in [-0.3, -0.25) is 0 Å². The van der Waals surface area contributed by atoms with Gasteiger partial charge in [-0.25, -0.2) is 0 Å². The highest BCUT2D eigenvalue weighted by Gasteiger charge is 2.57. The molecule has 4 bridgehead atoms. The van der Waals surface area contributed by atoms with Gasteiger partial charge in [0.15, 0.2) is 5.84 Å². The first-order valence-corrected chi connectivity index (χ1v) is 11.3. The number of hydrogen-bond acceptors (Lipinski definition) is 3. The van der Waals surface area contributed by atoms with Gasteiger partial charge in [0, 0.05) is 21.1 Å². The van der Waals surface area contributed by atoms with Crippen LogP contribution in [0.15, 0.2) is 64.2 Å². The Morgan fingerprint density at radius 3 is 2.21 bits per heavy atom. The van der Waals surface area contributed by atoms with E-state index in [1.807, 2.05) is 0 Å². The van der Waals surface area contributed by atoms with Gasteiger partial charge in [-0.05, 0) is 68.4 Å². The molecule has 3 nitrogen and oxygen atoms in total. The molecule has 0 unspecified atom stereocenters. The van der Waals surface area contributed by atoms with Crippen molar-refractivity contribution in [2.45, 2.75) is 50.3 Å². The lowest BCUT2D eigenvalue weighted by atomic mass is 9.52. The van der Waals surface area contributed by atoms with Gasteiger partial charge in [-0.2, -0.15) is 0 Å². The molecule has 5 aliphatic rings. The normalized spacial score (nSPS) is 35.8. The molecule has 1 atom stereocenters. The Morgan fingerprint density at radius 1 is 0.893 bits per heavy atom. The van der Waals surface area contributed by atoms with Crippen molar-refractivity contribution in [3.63, 3.8) is 0 Å². The lowest BCUT2D eigenvalue weighted by Gasteiger charge is -2.60. The molecule has 7 rings (SSSR count). The minimum atomic E-state index is -0.135. The zero-order valence-corrected chi connectivity index (χ0v) is 17.5. The third kappa shape index (κ3) is 2.64. The van der Waals surface area contributed by atoms with E-state index in [4.69, 9.17) is 4.84 Å². The van der Waals surface area contributed by atoms with E-state index in [-0.39, 0.29) is 11.8 Å². The van der Waals surface area contributed by atoms with Gasteiger partial charge in [0.05, 0.1) is 0 Å². The lowest BCUT2D eigenvalue weighted by Crippen LogP contribution is -2.61. The summed E-state index contributed by atoms with van der Waals surface area (Å²) < 4.78 is 1.09. The minimum Gasteiger partial charge on any atom is -0.363 e. The van der Waals surface area contributed by atoms with Crippen LogP contribution in [0.5, 0.6) is 0 Å². The van der Waals surface area contributed by atoms with Gasteiger partial charge >= 0.3 is 0 Å². The summed E-state index contributed by atoms with van der Waals surface area (Å²) in [5.41, 5.74) is 2.53. The van der Waals surface area contributed by atoms with Crippen LogP contribution in [0.4, 0.5) is 0 Å². The van der Waals surface area contributed by atoms with Crippen LogP contribution in [0.3, 0.4) is 0 Å². The van der Waals surface area contributed by atoms with E-state index in [2.05, 4.69) is 80.6 Å². The SMILES string of the molecule is Brc1cccc([C@H]2ON=C(c3ccccc3)N2C23CC4CC(CC(C4)C2)C3)c1. The second kappa shape index (κ2) is 6.35. The predicted molar refractivity (Wildman–Crippen MR) is 114 cm³/mol. The Hall–Kier alpha value is -1.81. The minimum absolute atomic E-state index is 0.135. The third-order valence-electron chi connectivity index (χ3n) is 7.38. The van der Waals surface area contributed by atoms with Gasteiger partial charge in [0.2, 0.25) is 6.23 Å². The molecule has 1 heterocycles. The molecule has 0 saturated heterocycles. The number of benzene rings is 2. The molecule has 4 heteroatoms. The van der Waals surface area contributed by atoms with E-state index < -0.39 is 0 Å². The summed E-state index contributed by atoms with van der Waals surface area (Å²) in [4.78, 5) is 8.73. The average molecular weight is 437 g/mol. The molecule has 4 aliphatic carbocycles. The monoisotopic (exact) mass is 436 g/mol. The second-order valence-corrected chi connectivity index (χ2v) is 10.2. The number of halogens is 1. The van der Waals surface area contributed by atoms with E-state index in [0.29, 0.717) is 0 Å². The van der Waals surface area contributed by atoms with E-state index in [1.54, 1.807) is 0 Å². The molecule has 2 aromatic carbocycles. The van der Waals surface area contributed by atoms with Crippen LogP contribution < -0.4 is 0 Å². The van der Waals surface area contributed by atoms with Crippen molar-refractivity contribution >= 4 is 21.8 Å². The zero-order valence-electron chi connectivity index (χ0n) is 15.9. The topological polar surface area (TPSA) is 24.8 Å². The zero-order chi connectivity index (χ0) is 18.7. The molecule has 28 heavy (non-hydrogen) atoms. The second-order valence-electron chi connectivity index (χ2n) is 9.31. The smallest absolute Gasteiger partial charge is 0.227 e. The lowest BCUT2D eigenvalue weighted by molar-refractivity contribution is -0.116. The molecule has 4 saturated carbocycles. The van der Waals surface area contributed by atoms with Gasteiger partial charge in [0.25, 0.3) is 0 Å². The van der Waals surface area contributed by atoms with Gasteiger partial charge in [0.1, 0.15) is 0 Å². The number of hydrogen-bond donors (Lipinski definition) is 0. The number of amidine groups is 1. The fraction of sp³-hybridized carbons (Fsp3) is 0.458.